The molecular weight excluding hydrogens is 262 g/mol. The normalized spacial score (nSPS) is 10.6. The number of hydrogen-bond donors (Lipinski definition) is 0. The van der Waals surface area contributed by atoms with Gasteiger partial charge in [-0.1, -0.05) is 23.8 Å². The van der Waals surface area contributed by atoms with Gasteiger partial charge in [0, 0.05) is 17.8 Å². The van der Waals surface area contributed by atoms with Crippen LogP contribution in [0.15, 0.2) is 49.1 Å². The fourth-order valence-electron chi connectivity index (χ4n) is 2.29. The molecular formula is C17H17N3O. The summed E-state index contributed by atoms with van der Waals surface area (Å²) in [5, 5.41) is 4.43. The minimum Gasteiger partial charge on any atom is -0.495 e. The van der Waals surface area contributed by atoms with E-state index < -0.39 is 0 Å². The molecule has 0 saturated heterocycles. The van der Waals surface area contributed by atoms with Gasteiger partial charge in [-0.3, -0.25) is 4.98 Å². The van der Waals surface area contributed by atoms with Crippen LogP contribution in [0.3, 0.4) is 0 Å². The van der Waals surface area contributed by atoms with Gasteiger partial charge < -0.3 is 4.74 Å². The number of ether oxygens (including phenoxy) is 1. The molecule has 0 bridgehead atoms. The highest BCUT2D eigenvalue weighted by Crippen LogP contribution is 2.25. The van der Waals surface area contributed by atoms with Gasteiger partial charge in [0.2, 0.25) is 0 Å². The van der Waals surface area contributed by atoms with E-state index in [2.05, 4.69) is 42.1 Å². The minimum absolute atomic E-state index is 0.719. The van der Waals surface area contributed by atoms with E-state index in [1.54, 1.807) is 19.5 Å². The van der Waals surface area contributed by atoms with Gasteiger partial charge in [-0.2, -0.15) is 5.10 Å². The summed E-state index contributed by atoms with van der Waals surface area (Å²) in [5.41, 5.74) is 5.66. The first-order chi connectivity index (χ1) is 10.2. The summed E-state index contributed by atoms with van der Waals surface area (Å²) in [5.74, 6) is 0.719. The molecule has 0 aliphatic carbocycles. The fourth-order valence-corrected chi connectivity index (χ4v) is 2.29. The second kappa shape index (κ2) is 5.40. The number of aryl methyl sites for hydroxylation is 2. The van der Waals surface area contributed by atoms with Crippen molar-refractivity contribution in [1.29, 1.82) is 0 Å². The molecule has 106 valence electrons. The lowest BCUT2D eigenvalue weighted by Crippen LogP contribution is -1.96. The topological polar surface area (TPSA) is 39.9 Å². The van der Waals surface area contributed by atoms with Crippen molar-refractivity contribution in [2.45, 2.75) is 13.8 Å². The van der Waals surface area contributed by atoms with E-state index in [9.17, 15) is 0 Å². The van der Waals surface area contributed by atoms with Crippen LogP contribution >= 0.6 is 0 Å². The number of hydrogen-bond acceptors (Lipinski definition) is 3. The molecule has 0 unspecified atom stereocenters. The molecule has 21 heavy (non-hydrogen) atoms. The molecule has 2 heterocycles. The quantitative estimate of drug-likeness (QED) is 0.736. The van der Waals surface area contributed by atoms with Gasteiger partial charge in [-0.05, 0) is 25.0 Å². The van der Waals surface area contributed by atoms with E-state index in [1.165, 1.54) is 16.7 Å². The van der Waals surface area contributed by atoms with Gasteiger partial charge in [0.1, 0.15) is 5.75 Å². The Hall–Kier alpha value is -2.62. The lowest BCUT2D eigenvalue weighted by molar-refractivity contribution is 0.412. The van der Waals surface area contributed by atoms with Crippen LogP contribution < -0.4 is 4.74 Å². The van der Waals surface area contributed by atoms with Crippen molar-refractivity contribution in [3.63, 3.8) is 0 Å². The van der Waals surface area contributed by atoms with E-state index in [4.69, 9.17) is 4.74 Å². The monoisotopic (exact) mass is 279 g/mol. The average molecular weight is 279 g/mol. The first kappa shape index (κ1) is 13.4. The molecule has 0 radical (unpaired) electrons. The number of benzene rings is 1. The Morgan fingerprint density at radius 1 is 1.05 bits per heavy atom. The molecule has 1 aromatic carbocycles. The standard InChI is InChI=1S/C17H17N3O/c1-12-4-5-13(2)17(6-12)14-8-19-20(11-14)15-7-16(21-3)10-18-9-15/h4-11H,1-3H3. The smallest absolute Gasteiger partial charge is 0.139 e. The van der Waals surface area contributed by atoms with Crippen LogP contribution in [-0.2, 0) is 0 Å². The Morgan fingerprint density at radius 3 is 2.71 bits per heavy atom. The summed E-state index contributed by atoms with van der Waals surface area (Å²) in [6.07, 6.45) is 7.33. The summed E-state index contributed by atoms with van der Waals surface area (Å²) in [7, 11) is 1.63. The molecule has 0 amide bonds. The molecule has 0 fully saturated rings. The molecule has 0 N–H and O–H groups in total. The summed E-state index contributed by atoms with van der Waals surface area (Å²) in [6.45, 7) is 4.21. The predicted octanol–water partition coefficient (Wildman–Crippen LogP) is 3.56. The van der Waals surface area contributed by atoms with Crippen molar-refractivity contribution in [3.05, 3.63) is 60.2 Å². The summed E-state index contributed by atoms with van der Waals surface area (Å²) in [6, 6.07) is 8.34. The van der Waals surface area contributed by atoms with Gasteiger partial charge >= 0.3 is 0 Å². The van der Waals surface area contributed by atoms with Crippen molar-refractivity contribution in [3.8, 4) is 22.6 Å². The van der Waals surface area contributed by atoms with Crippen LogP contribution in [0.25, 0.3) is 16.8 Å². The highest BCUT2D eigenvalue weighted by Gasteiger charge is 2.07. The number of methoxy groups -OCH3 is 1. The van der Waals surface area contributed by atoms with E-state index >= 15 is 0 Å². The maximum Gasteiger partial charge on any atom is 0.139 e. The van der Waals surface area contributed by atoms with Crippen molar-refractivity contribution < 1.29 is 4.74 Å². The SMILES string of the molecule is COc1cncc(-n2cc(-c3cc(C)ccc3C)cn2)c1. The first-order valence-corrected chi connectivity index (χ1v) is 6.79. The van der Waals surface area contributed by atoms with Crippen LogP contribution in [0.4, 0.5) is 0 Å². The van der Waals surface area contributed by atoms with Crippen LogP contribution in [0.2, 0.25) is 0 Å². The third-order valence-corrected chi connectivity index (χ3v) is 3.49. The second-order valence-electron chi connectivity index (χ2n) is 5.07. The maximum absolute atomic E-state index is 5.20. The molecule has 3 aromatic rings. The predicted molar refractivity (Wildman–Crippen MR) is 82.8 cm³/mol. The molecule has 0 aliphatic rings. The van der Waals surface area contributed by atoms with E-state index in [0.29, 0.717) is 0 Å². The summed E-state index contributed by atoms with van der Waals surface area (Å²) in [4.78, 5) is 4.16. The third kappa shape index (κ3) is 2.65. The van der Waals surface area contributed by atoms with Crippen LogP contribution in [0.5, 0.6) is 5.75 Å². The van der Waals surface area contributed by atoms with E-state index in [0.717, 1.165) is 17.0 Å². The molecule has 2 aromatic heterocycles. The Labute approximate surface area is 124 Å². The van der Waals surface area contributed by atoms with Crippen LogP contribution in [0.1, 0.15) is 11.1 Å². The minimum atomic E-state index is 0.719. The highest BCUT2D eigenvalue weighted by molar-refractivity contribution is 5.67. The zero-order chi connectivity index (χ0) is 14.8. The largest absolute Gasteiger partial charge is 0.495 e. The molecule has 3 rings (SSSR count). The zero-order valence-electron chi connectivity index (χ0n) is 12.4. The third-order valence-electron chi connectivity index (χ3n) is 3.49. The molecule has 4 heteroatoms. The van der Waals surface area contributed by atoms with Crippen molar-refractivity contribution >= 4 is 0 Å². The van der Waals surface area contributed by atoms with E-state index in [-0.39, 0.29) is 0 Å². The first-order valence-electron chi connectivity index (χ1n) is 6.79. The lowest BCUT2D eigenvalue weighted by atomic mass is 10.0. The van der Waals surface area contributed by atoms with Gasteiger partial charge in [-0.25, -0.2) is 4.68 Å². The number of nitrogens with zero attached hydrogens (tertiary/aromatic N) is 3. The molecule has 0 aliphatic heterocycles. The number of rotatable bonds is 3. The molecule has 0 spiro atoms. The van der Waals surface area contributed by atoms with E-state index in [1.807, 2.05) is 23.1 Å². The number of aromatic nitrogens is 3. The Morgan fingerprint density at radius 2 is 1.90 bits per heavy atom. The molecule has 0 saturated carbocycles. The van der Waals surface area contributed by atoms with Gasteiger partial charge in [0.25, 0.3) is 0 Å². The van der Waals surface area contributed by atoms with Gasteiger partial charge in [0.15, 0.2) is 0 Å². The lowest BCUT2D eigenvalue weighted by Gasteiger charge is -2.05. The van der Waals surface area contributed by atoms with Crippen molar-refractivity contribution in [2.24, 2.45) is 0 Å². The zero-order valence-corrected chi connectivity index (χ0v) is 12.4. The Bertz CT molecular complexity index is 777. The van der Waals surface area contributed by atoms with Crippen molar-refractivity contribution in [2.75, 3.05) is 7.11 Å². The summed E-state index contributed by atoms with van der Waals surface area (Å²) < 4.78 is 7.01. The van der Waals surface area contributed by atoms with Gasteiger partial charge in [0.05, 0.1) is 31.4 Å². The summed E-state index contributed by atoms with van der Waals surface area (Å²) >= 11 is 0. The average Bonchev–Trinajstić information content (AvgIpc) is 2.99. The highest BCUT2D eigenvalue weighted by atomic mass is 16.5. The number of pyridine rings is 1. The van der Waals surface area contributed by atoms with Crippen LogP contribution in [0, 0.1) is 13.8 Å². The fraction of sp³-hybridized carbons (Fsp3) is 0.176. The Balaban J connectivity index is 2.01. The van der Waals surface area contributed by atoms with Crippen molar-refractivity contribution in [1.82, 2.24) is 14.8 Å². The van der Waals surface area contributed by atoms with Crippen LogP contribution in [-0.4, -0.2) is 21.9 Å². The Kier molecular flexibility index (Phi) is 3.44. The maximum atomic E-state index is 5.20. The second-order valence-corrected chi connectivity index (χ2v) is 5.07. The molecule has 4 nitrogen and oxygen atoms in total. The molecule has 0 atom stereocenters. The van der Waals surface area contributed by atoms with Gasteiger partial charge in [-0.15, -0.1) is 0 Å².